The Balaban J connectivity index is 2.27. The number of carbonyl (C=O) groups is 2. The molecule has 0 saturated carbocycles. The number of carbonyl (C=O) groups excluding carboxylic acids is 1. The van der Waals surface area contributed by atoms with E-state index in [0.29, 0.717) is 28.7 Å². The van der Waals surface area contributed by atoms with Crippen molar-refractivity contribution in [2.24, 2.45) is 5.92 Å². The van der Waals surface area contributed by atoms with Crippen molar-refractivity contribution in [3.05, 3.63) is 28.2 Å². The Kier molecular flexibility index (Phi) is 7.32. The number of hydrogen-bond acceptors (Lipinski definition) is 2. The van der Waals surface area contributed by atoms with Crippen LogP contribution in [0.5, 0.6) is 0 Å². The maximum Gasteiger partial charge on any atom is 0.319 e. The molecule has 0 saturated heterocycles. The molecule has 0 radical (unpaired) electrons. The van der Waals surface area contributed by atoms with Gasteiger partial charge in [0.05, 0.1) is 10.0 Å². The lowest BCUT2D eigenvalue weighted by Gasteiger charge is -2.11. The van der Waals surface area contributed by atoms with Crippen LogP contribution < -0.4 is 10.6 Å². The molecule has 0 aliphatic carbocycles. The summed E-state index contributed by atoms with van der Waals surface area (Å²) < 4.78 is 0. The summed E-state index contributed by atoms with van der Waals surface area (Å²) in [5.41, 5.74) is 0.556. The monoisotopic (exact) mass is 332 g/mol. The summed E-state index contributed by atoms with van der Waals surface area (Å²) >= 11 is 11.6. The van der Waals surface area contributed by atoms with Crippen LogP contribution in [0.25, 0.3) is 0 Å². The van der Waals surface area contributed by atoms with Gasteiger partial charge in [0.1, 0.15) is 0 Å². The quantitative estimate of drug-likeness (QED) is 0.705. The van der Waals surface area contributed by atoms with Crippen molar-refractivity contribution < 1.29 is 14.7 Å². The lowest BCUT2D eigenvalue weighted by Crippen LogP contribution is -2.30. The molecule has 3 N–H and O–H groups in total. The van der Waals surface area contributed by atoms with Gasteiger partial charge in [-0.25, -0.2) is 4.79 Å². The predicted molar refractivity (Wildman–Crippen MR) is 84.1 cm³/mol. The first-order valence-corrected chi connectivity index (χ1v) is 7.35. The molecule has 0 bridgehead atoms. The van der Waals surface area contributed by atoms with Gasteiger partial charge in [-0.1, -0.05) is 30.1 Å². The van der Waals surface area contributed by atoms with Crippen LogP contribution in [0.3, 0.4) is 0 Å². The summed E-state index contributed by atoms with van der Waals surface area (Å²) in [5, 5.41) is 14.7. The maximum absolute atomic E-state index is 11.7. The molecule has 0 aromatic heterocycles. The van der Waals surface area contributed by atoms with E-state index in [-0.39, 0.29) is 18.4 Å². The van der Waals surface area contributed by atoms with Gasteiger partial charge in [0.15, 0.2) is 0 Å². The van der Waals surface area contributed by atoms with Gasteiger partial charge in [0.2, 0.25) is 0 Å². The van der Waals surface area contributed by atoms with E-state index in [1.807, 2.05) is 6.92 Å². The van der Waals surface area contributed by atoms with E-state index in [1.54, 1.807) is 18.2 Å². The van der Waals surface area contributed by atoms with Crippen molar-refractivity contribution in [3.8, 4) is 0 Å². The Morgan fingerprint density at radius 3 is 2.57 bits per heavy atom. The van der Waals surface area contributed by atoms with Crippen LogP contribution in [0.15, 0.2) is 18.2 Å². The Bertz CT molecular complexity index is 509. The molecule has 1 aromatic rings. The summed E-state index contributed by atoms with van der Waals surface area (Å²) in [7, 11) is 0. The number of hydrogen-bond donors (Lipinski definition) is 3. The lowest BCUT2D eigenvalue weighted by atomic mass is 10.0. The second-order valence-electron chi connectivity index (χ2n) is 4.84. The van der Waals surface area contributed by atoms with E-state index in [1.165, 1.54) is 0 Å². The van der Waals surface area contributed by atoms with Gasteiger partial charge < -0.3 is 15.7 Å². The maximum atomic E-state index is 11.7. The molecule has 1 aromatic carbocycles. The van der Waals surface area contributed by atoms with E-state index < -0.39 is 5.97 Å². The number of halogens is 2. The van der Waals surface area contributed by atoms with E-state index in [0.717, 1.165) is 6.42 Å². The highest BCUT2D eigenvalue weighted by molar-refractivity contribution is 6.42. The fourth-order valence-electron chi connectivity index (χ4n) is 1.70. The van der Waals surface area contributed by atoms with Crippen LogP contribution in [-0.2, 0) is 4.79 Å². The fourth-order valence-corrected chi connectivity index (χ4v) is 1.99. The molecule has 2 amide bonds. The van der Waals surface area contributed by atoms with Crippen LogP contribution in [0, 0.1) is 5.92 Å². The number of aliphatic carboxylic acids is 1. The average Bonchev–Trinajstić information content (AvgIpc) is 2.40. The summed E-state index contributed by atoms with van der Waals surface area (Å²) in [4.78, 5) is 22.1. The third-order valence-electron chi connectivity index (χ3n) is 2.95. The minimum absolute atomic E-state index is 0.149. The molecule has 1 atom stereocenters. The van der Waals surface area contributed by atoms with E-state index >= 15 is 0 Å². The topological polar surface area (TPSA) is 78.4 Å². The number of carboxylic acids is 1. The lowest BCUT2D eigenvalue weighted by molar-refractivity contribution is -0.137. The Hall–Kier alpha value is -1.46. The fraction of sp³-hybridized carbons (Fsp3) is 0.429. The first kappa shape index (κ1) is 17.6. The van der Waals surface area contributed by atoms with Gasteiger partial charge in [0.25, 0.3) is 0 Å². The van der Waals surface area contributed by atoms with Crippen molar-refractivity contribution >= 4 is 40.9 Å². The highest BCUT2D eigenvalue weighted by Gasteiger charge is 2.07. The van der Waals surface area contributed by atoms with Crippen LogP contribution in [0.2, 0.25) is 10.0 Å². The van der Waals surface area contributed by atoms with Crippen LogP contribution in [0.4, 0.5) is 10.5 Å². The molecule has 0 heterocycles. The van der Waals surface area contributed by atoms with Crippen molar-refractivity contribution in [2.45, 2.75) is 26.2 Å². The molecule has 7 heteroatoms. The number of amides is 2. The number of carboxylic acid groups (broad SMARTS) is 1. The number of rotatable bonds is 7. The Labute approximate surface area is 133 Å². The van der Waals surface area contributed by atoms with Crippen molar-refractivity contribution in [1.82, 2.24) is 5.32 Å². The first-order valence-electron chi connectivity index (χ1n) is 6.60. The molecular formula is C14H18Cl2N2O3. The smallest absolute Gasteiger partial charge is 0.319 e. The molecule has 116 valence electrons. The molecule has 21 heavy (non-hydrogen) atoms. The predicted octanol–water partition coefficient (Wildman–Crippen LogP) is 4.01. The molecule has 1 unspecified atom stereocenters. The third-order valence-corrected chi connectivity index (χ3v) is 3.69. The number of urea groups is 1. The molecule has 0 aliphatic rings. The number of benzene rings is 1. The Morgan fingerprint density at radius 2 is 1.95 bits per heavy atom. The van der Waals surface area contributed by atoms with Gasteiger partial charge >= 0.3 is 12.0 Å². The molecule has 1 rings (SSSR count). The van der Waals surface area contributed by atoms with Gasteiger partial charge in [-0.2, -0.15) is 0 Å². The highest BCUT2D eigenvalue weighted by atomic mass is 35.5. The second kappa shape index (κ2) is 8.74. The average molecular weight is 333 g/mol. The molecular weight excluding hydrogens is 315 g/mol. The SMILES string of the molecule is CC(CCNC(=O)Nc1ccc(Cl)c(Cl)c1)CCC(=O)O. The van der Waals surface area contributed by atoms with Crippen LogP contribution in [0.1, 0.15) is 26.2 Å². The highest BCUT2D eigenvalue weighted by Crippen LogP contribution is 2.24. The summed E-state index contributed by atoms with van der Waals surface area (Å²) in [6, 6.07) is 4.49. The summed E-state index contributed by atoms with van der Waals surface area (Å²) in [6.45, 7) is 2.44. The summed E-state index contributed by atoms with van der Waals surface area (Å²) in [6.07, 6.45) is 1.48. The summed E-state index contributed by atoms with van der Waals surface area (Å²) in [5.74, 6) is -0.557. The van der Waals surface area contributed by atoms with Crippen molar-refractivity contribution in [3.63, 3.8) is 0 Å². The number of nitrogens with one attached hydrogen (secondary N) is 2. The van der Waals surface area contributed by atoms with Gasteiger partial charge in [0, 0.05) is 18.7 Å². The third kappa shape index (κ3) is 7.20. The zero-order chi connectivity index (χ0) is 15.8. The molecule has 0 aliphatic heterocycles. The first-order chi connectivity index (χ1) is 9.88. The van der Waals surface area contributed by atoms with Crippen LogP contribution >= 0.6 is 23.2 Å². The second-order valence-corrected chi connectivity index (χ2v) is 5.65. The molecule has 0 fully saturated rings. The zero-order valence-electron chi connectivity index (χ0n) is 11.7. The number of anilines is 1. The molecule has 0 spiro atoms. The molecule has 5 nitrogen and oxygen atoms in total. The largest absolute Gasteiger partial charge is 0.481 e. The van der Waals surface area contributed by atoms with Crippen molar-refractivity contribution in [1.29, 1.82) is 0 Å². The van der Waals surface area contributed by atoms with Crippen molar-refractivity contribution in [2.75, 3.05) is 11.9 Å². The van der Waals surface area contributed by atoms with Gasteiger partial charge in [-0.15, -0.1) is 0 Å². The van der Waals surface area contributed by atoms with Gasteiger partial charge in [-0.3, -0.25) is 4.79 Å². The zero-order valence-corrected chi connectivity index (χ0v) is 13.2. The van der Waals surface area contributed by atoms with Gasteiger partial charge in [-0.05, 0) is 37.0 Å². The van der Waals surface area contributed by atoms with E-state index in [9.17, 15) is 9.59 Å². The standard InChI is InChI=1S/C14H18Cl2N2O3/c1-9(2-5-13(19)20)6-7-17-14(21)18-10-3-4-11(15)12(16)8-10/h3-4,8-9H,2,5-7H2,1H3,(H,19,20)(H2,17,18,21). The normalized spacial score (nSPS) is 11.8. The van der Waals surface area contributed by atoms with E-state index in [2.05, 4.69) is 10.6 Å². The minimum Gasteiger partial charge on any atom is -0.481 e. The minimum atomic E-state index is -0.799. The van der Waals surface area contributed by atoms with E-state index in [4.69, 9.17) is 28.3 Å². The Morgan fingerprint density at radius 1 is 1.24 bits per heavy atom. The van der Waals surface area contributed by atoms with Crippen LogP contribution in [-0.4, -0.2) is 23.7 Å².